The fourth-order valence-corrected chi connectivity index (χ4v) is 2.09. The number of hydrogen-bond acceptors (Lipinski definition) is 2. The zero-order valence-corrected chi connectivity index (χ0v) is 10.9. The molecule has 94 valence electrons. The van der Waals surface area contributed by atoms with Crippen LogP contribution in [0.25, 0.3) is 0 Å². The second-order valence-corrected chi connectivity index (χ2v) is 4.91. The van der Waals surface area contributed by atoms with Gasteiger partial charge in [-0.15, -0.1) is 0 Å². The minimum absolute atomic E-state index is 0.297. The van der Waals surface area contributed by atoms with Gasteiger partial charge in [-0.05, 0) is 43.7 Å². The summed E-state index contributed by atoms with van der Waals surface area (Å²) in [5.74, 6) is 0.856. The van der Waals surface area contributed by atoms with Gasteiger partial charge in [0.2, 0.25) is 0 Å². The van der Waals surface area contributed by atoms with Crippen LogP contribution in [0.4, 0.5) is 0 Å². The van der Waals surface area contributed by atoms with E-state index in [4.69, 9.17) is 4.74 Å². The Morgan fingerprint density at radius 1 is 1.29 bits per heavy atom. The molecule has 0 spiro atoms. The molecule has 2 heteroatoms. The Balaban J connectivity index is 1.71. The summed E-state index contributed by atoms with van der Waals surface area (Å²) in [5, 5.41) is 3.43. The maximum atomic E-state index is 5.48. The van der Waals surface area contributed by atoms with Crippen LogP contribution in [-0.2, 0) is 11.3 Å². The standard InChI is InChI=1S/C15H23NO/c1-3-17-12(2)10-16-11-13-4-6-14(7-5-13)15-8-9-15/h4-7,12,15-16H,3,8-11H2,1-2H3. The smallest absolute Gasteiger partial charge is 0.0671 e. The largest absolute Gasteiger partial charge is 0.377 e. The van der Waals surface area contributed by atoms with Gasteiger partial charge in [0.05, 0.1) is 6.10 Å². The third-order valence-electron chi connectivity index (χ3n) is 3.24. The monoisotopic (exact) mass is 233 g/mol. The van der Waals surface area contributed by atoms with Crippen molar-refractivity contribution in [1.29, 1.82) is 0 Å². The van der Waals surface area contributed by atoms with Gasteiger partial charge in [0.15, 0.2) is 0 Å². The van der Waals surface area contributed by atoms with Crippen LogP contribution in [0.5, 0.6) is 0 Å². The van der Waals surface area contributed by atoms with Crippen LogP contribution in [0, 0.1) is 0 Å². The van der Waals surface area contributed by atoms with E-state index >= 15 is 0 Å². The lowest BCUT2D eigenvalue weighted by Gasteiger charge is -2.12. The van der Waals surface area contributed by atoms with Crippen LogP contribution in [0.2, 0.25) is 0 Å². The molecule has 1 unspecified atom stereocenters. The molecule has 2 nitrogen and oxygen atoms in total. The number of ether oxygens (including phenoxy) is 1. The topological polar surface area (TPSA) is 21.3 Å². The molecule has 17 heavy (non-hydrogen) atoms. The first-order valence-corrected chi connectivity index (χ1v) is 6.70. The number of hydrogen-bond donors (Lipinski definition) is 1. The molecular formula is C15H23NO. The highest BCUT2D eigenvalue weighted by Gasteiger charge is 2.22. The Morgan fingerprint density at radius 3 is 2.59 bits per heavy atom. The van der Waals surface area contributed by atoms with Crippen LogP contribution in [0.3, 0.4) is 0 Å². The first-order valence-electron chi connectivity index (χ1n) is 6.70. The average Bonchev–Trinajstić information content (AvgIpc) is 3.14. The Bertz CT molecular complexity index is 329. The van der Waals surface area contributed by atoms with E-state index in [2.05, 4.69) is 36.5 Å². The lowest BCUT2D eigenvalue weighted by atomic mass is 10.1. The van der Waals surface area contributed by atoms with Crippen molar-refractivity contribution in [3.05, 3.63) is 35.4 Å². The van der Waals surface area contributed by atoms with Crippen LogP contribution in [0.1, 0.15) is 43.7 Å². The van der Waals surface area contributed by atoms with Gasteiger partial charge in [0.25, 0.3) is 0 Å². The molecule has 1 aromatic rings. The highest BCUT2D eigenvalue weighted by molar-refractivity contribution is 5.27. The first-order chi connectivity index (χ1) is 8.29. The van der Waals surface area contributed by atoms with Crippen LogP contribution in [0.15, 0.2) is 24.3 Å². The zero-order chi connectivity index (χ0) is 12.1. The lowest BCUT2D eigenvalue weighted by molar-refractivity contribution is 0.0759. The van der Waals surface area contributed by atoms with Gasteiger partial charge in [0, 0.05) is 19.7 Å². The Labute approximate surface area is 104 Å². The van der Waals surface area contributed by atoms with Gasteiger partial charge in [-0.3, -0.25) is 0 Å². The summed E-state index contributed by atoms with van der Waals surface area (Å²) in [6, 6.07) is 9.04. The Hall–Kier alpha value is -0.860. The fourth-order valence-electron chi connectivity index (χ4n) is 2.09. The molecule has 1 saturated carbocycles. The van der Waals surface area contributed by atoms with E-state index in [1.807, 2.05) is 6.92 Å². The Morgan fingerprint density at radius 2 is 2.00 bits per heavy atom. The maximum absolute atomic E-state index is 5.48. The van der Waals surface area contributed by atoms with Crippen LogP contribution < -0.4 is 5.32 Å². The van der Waals surface area contributed by atoms with Crippen molar-refractivity contribution < 1.29 is 4.74 Å². The second-order valence-electron chi connectivity index (χ2n) is 4.91. The molecular weight excluding hydrogens is 210 g/mol. The molecule has 1 aromatic carbocycles. The van der Waals surface area contributed by atoms with Crippen molar-refractivity contribution >= 4 is 0 Å². The molecule has 1 fully saturated rings. The molecule has 0 amide bonds. The molecule has 2 rings (SSSR count). The molecule has 0 bridgehead atoms. The third kappa shape index (κ3) is 4.14. The summed E-state index contributed by atoms with van der Waals surface area (Å²) in [6.07, 6.45) is 3.05. The third-order valence-corrected chi connectivity index (χ3v) is 3.24. The van der Waals surface area contributed by atoms with Crippen molar-refractivity contribution in [2.45, 2.75) is 45.3 Å². The molecule has 0 saturated heterocycles. The molecule has 0 aliphatic heterocycles. The normalized spacial score (nSPS) is 17.1. The minimum atomic E-state index is 0.297. The highest BCUT2D eigenvalue weighted by atomic mass is 16.5. The average molecular weight is 233 g/mol. The summed E-state index contributed by atoms with van der Waals surface area (Å²) < 4.78 is 5.48. The number of benzene rings is 1. The van der Waals surface area contributed by atoms with Gasteiger partial charge < -0.3 is 10.1 Å². The van der Waals surface area contributed by atoms with E-state index in [0.717, 1.165) is 25.6 Å². The van der Waals surface area contributed by atoms with Crippen molar-refractivity contribution in [2.75, 3.05) is 13.2 Å². The summed E-state index contributed by atoms with van der Waals surface area (Å²) in [5.41, 5.74) is 2.87. The van der Waals surface area contributed by atoms with Crippen molar-refractivity contribution in [3.63, 3.8) is 0 Å². The van der Waals surface area contributed by atoms with E-state index < -0.39 is 0 Å². The summed E-state index contributed by atoms with van der Waals surface area (Å²) >= 11 is 0. The SMILES string of the molecule is CCOC(C)CNCc1ccc(C2CC2)cc1. The zero-order valence-electron chi connectivity index (χ0n) is 10.9. The van der Waals surface area contributed by atoms with E-state index in [1.165, 1.54) is 24.0 Å². The summed E-state index contributed by atoms with van der Waals surface area (Å²) in [6.45, 7) is 6.78. The predicted molar refractivity (Wildman–Crippen MR) is 71.2 cm³/mol. The van der Waals surface area contributed by atoms with E-state index in [9.17, 15) is 0 Å². The lowest BCUT2D eigenvalue weighted by Crippen LogP contribution is -2.26. The van der Waals surface area contributed by atoms with Crippen LogP contribution >= 0.6 is 0 Å². The molecule has 1 aliphatic rings. The predicted octanol–water partition coefficient (Wildman–Crippen LogP) is 3.08. The van der Waals surface area contributed by atoms with Crippen molar-refractivity contribution in [3.8, 4) is 0 Å². The van der Waals surface area contributed by atoms with E-state index in [-0.39, 0.29) is 0 Å². The molecule has 0 radical (unpaired) electrons. The minimum Gasteiger partial charge on any atom is -0.377 e. The number of rotatable bonds is 7. The molecule has 0 heterocycles. The Kier molecular flexibility index (Phi) is 4.57. The van der Waals surface area contributed by atoms with Crippen LogP contribution in [-0.4, -0.2) is 19.3 Å². The van der Waals surface area contributed by atoms with Gasteiger partial charge in [-0.25, -0.2) is 0 Å². The first kappa shape index (κ1) is 12.6. The molecule has 1 N–H and O–H groups in total. The van der Waals surface area contributed by atoms with Gasteiger partial charge in [-0.1, -0.05) is 24.3 Å². The van der Waals surface area contributed by atoms with Crippen molar-refractivity contribution in [1.82, 2.24) is 5.32 Å². The molecule has 1 aliphatic carbocycles. The molecule has 0 aromatic heterocycles. The molecule has 1 atom stereocenters. The van der Waals surface area contributed by atoms with Gasteiger partial charge >= 0.3 is 0 Å². The van der Waals surface area contributed by atoms with Gasteiger partial charge in [0.1, 0.15) is 0 Å². The van der Waals surface area contributed by atoms with Crippen molar-refractivity contribution in [2.24, 2.45) is 0 Å². The second kappa shape index (κ2) is 6.18. The summed E-state index contributed by atoms with van der Waals surface area (Å²) in [7, 11) is 0. The quantitative estimate of drug-likeness (QED) is 0.781. The summed E-state index contributed by atoms with van der Waals surface area (Å²) in [4.78, 5) is 0. The highest BCUT2D eigenvalue weighted by Crippen LogP contribution is 2.39. The van der Waals surface area contributed by atoms with E-state index in [1.54, 1.807) is 0 Å². The fraction of sp³-hybridized carbons (Fsp3) is 0.600. The van der Waals surface area contributed by atoms with Gasteiger partial charge in [-0.2, -0.15) is 0 Å². The van der Waals surface area contributed by atoms with E-state index in [0.29, 0.717) is 6.10 Å². The number of nitrogens with one attached hydrogen (secondary N) is 1. The maximum Gasteiger partial charge on any atom is 0.0671 e.